The van der Waals surface area contributed by atoms with Gasteiger partial charge in [0.05, 0.1) is 18.2 Å². The van der Waals surface area contributed by atoms with Gasteiger partial charge < -0.3 is 37.0 Å². The second-order valence-corrected chi connectivity index (χ2v) is 6.52. The first-order valence-corrected chi connectivity index (χ1v) is 8.05. The Labute approximate surface area is 155 Å². The van der Waals surface area contributed by atoms with E-state index in [4.69, 9.17) is 15.9 Å². The van der Waals surface area contributed by atoms with Gasteiger partial charge in [0, 0.05) is 6.42 Å². The molecule has 3 atom stereocenters. The molecule has 0 saturated heterocycles. The molecule has 0 fully saturated rings. The van der Waals surface area contributed by atoms with Crippen LogP contribution in [0.5, 0.6) is 0 Å². The number of aliphatic hydroxyl groups excluding tert-OH is 1. The van der Waals surface area contributed by atoms with Crippen LogP contribution < -0.4 is 21.7 Å². The molecule has 0 aliphatic heterocycles. The van der Waals surface area contributed by atoms with Crippen molar-refractivity contribution >= 4 is 29.7 Å². The summed E-state index contributed by atoms with van der Waals surface area (Å²) in [5, 5.41) is 33.4. The van der Waals surface area contributed by atoms with E-state index in [1.165, 1.54) is 20.8 Å². The summed E-state index contributed by atoms with van der Waals surface area (Å²) in [6.07, 6.45) is -2.02. The monoisotopic (exact) mass is 390 g/mol. The van der Waals surface area contributed by atoms with Crippen LogP contribution in [0.15, 0.2) is 0 Å². The van der Waals surface area contributed by atoms with Crippen molar-refractivity contribution in [2.75, 3.05) is 6.54 Å². The normalized spacial score (nSPS) is 14.4. The first-order chi connectivity index (χ1) is 12.3. The molecule has 154 valence electrons. The first-order valence-electron chi connectivity index (χ1n) is 8.05. The minimum Gasteiger partial charge on any atom is -0.481 e. The largest absolute Gasteiger partial charge is 0.481 e. The van der Waals surface area contributed by atoms with E-state index >= 15 is 0 Å². The van der Waals surface area contributed by atoms with Crippen molar-refractivity contribution in [2.45, 2.75) is 57.3 Å². The fraction of sp³-hybridized carbons (Fsp3) is 0.667. The van der Waals surface area contributed by atoms with Gasteiger partial charge in [0.2, 0.25) is 17.7 Å². The highest BCUT2D eigenvalue weighted by Gasteiger charge is 2.29. The summed E-state index contributed by atoms with van der Waals surface area (Å²) in [5.41, 5.74) is 4.30. The lowest BCUT2D eigenvalue weighted by Crippen LogP contribution is -2.57. The lowest BCUT2D eigenvalue weighted by molar-refractivity contribution is -0.144. The van der Waals surface area contributed by atoms with Gasteiger partial charge >= 0.3 is 11.9 Å². The summed E-state index contributed by atoms with van der Waals surface area (Å²) in [7, 11) is 0. The Kier molecular flexibility index (Phi) is 9.37. The number of aliphatic hydroxyl groups is 1. The average molecular weight is 390 g/mol. The summed E-state index contributed by atoms with van der Waals surface area (Å²) in [4.78, 5) is 57.4. The molecule has 8 N–H and O–H groups in total. The number of nitrogens with one attached hydrogen (secondary N) is 3. The smallest absolute Gasteiger partial charge is 0.328 e. The summed E-state index contributed by atoms with van der Waals surface area (Å²) in [6.45, 7) is 3.32. The zero-order chi connectivity index (χ0) is 21.4. The van der Waals surface area contributed by atoms with Gasteiger partial charge in [-0.3, -0.25) is 19.2 Å². The number of aliphatic carboxylic acids is 2. The summed E-state index contributed by atoms with van der Waals surface area (Å²) >= 11 is 0. The van der Waals surface area contributed by atoms with Crippen molar-refractivity contribution in [3.05, 3.63) is 0 Å². The number of hydrogen-bond acceptors (Lipinski definition) is 7. The van der Waals surface area contributed by atoms with E-state index in [9.17, 15) is 29.1 Å². The van der Waals surface area contributed by atoms with Gasteiger partial charge in [-0.1, -0.05) is 0 Å². The van der Waals surface area contributed by atoms with Crippen LogP contribution in [-0.4, -0.2) is 75.3 Å². The minimum atomic E-state index is -1.56. The van der Waals surface area contributed by atoms with E-state index in [0.29, 0.717) is 0 Å². The molecule has 0 aromatic rings. The molecule has 3 amide bonds. The molecule has 0 spiro atoms. The van der Waals surface area contributed by atoms with Crippen LogP contribution in [0.4, 0.5) is 0 Å². The Balaban J connectivity index is 4.87. The summed E-state index contributed by atoms with van der Waals surface area (Å²) < 4.78 is 0. The molecule has 27 heavy (non-hydrogen) atoms. The van der Waals surface area contributed by atoms with E-state index in [1.54, 1.807) is 0 Å². The van der Waals surface area contributed by atoms with Crippen LogP contribution in [0.25, 0.3) is 0 Å². The number of carbonyl (C=O) groups is 5. The van der Waals surface area contributed by atoms with Crippen LogP contribution in [-0.2, 0) is 24.0 Å². The molecule has 0 radical (unpaired) electrons. The molecule has 0 aromatic heterocycles. The zero-order valence-electron chi connectivity index (χ0n) is 15.3. The molecular weight excluding hydrogens is 364 g/mol. The average Bonchev–Trinajstić information content (AvgIpc) is 2.52. The third-order valence-electron chi connectivity index (χ3n) is 3.34. The van der Waals surface area contributed by atoms with Gasteiger partial charge in [-0.15, -0.1) is 0 Å². The van der Waals surface area contributed by atoms with Crippen molar-refractivity contribution in [1.82, 2.24) is 16.0 Å². The molecule has 0 aliphatic carbocycles. The van der Waals surface area contributed by atoms with E-state index in [2.05, 4.69) is 10.6 Å². The minimum absolute atomic E-state index is 0.240. The third kappa shape index (κ3) is 9.51. The van der Waals surface area contributed by atoms with Gasteiger partial charge in [0.15, 0.2) is 6.04 Å². The second-order valence-electron chi connectivity index (χ2n) is 6.52. The molecule has 0 heterocycles. The quantitative estimate of drug-likeness (QED) is 0.193. The topological polar surface area (TPSA) is 208 Å². The van der Waals surface area contributed by atoms with Crippen LogP contribution in [0.1, 0.15) is 33.6 Å². The van der Waals surface area contributed by atoms with Crippen molar-refractivity contribution in [3.8, 4) is 0 Å². The van der Waals surface area contributed by atoms with Crippen LogP contribution in [0.3, 0.4) is 0 Å². The summed E-state index contributed by atoms with van der Waals surface area (Å²) in [5.74, 6) is -5.07. The highest BCUT2D eigenvalue weighted by atomic mass is 16.4. The molecule has 0 bridgehead atoms. The molecule has 0 aromatic carbocycles. The number of carbonyl (C=O) groups excluding carboxylic acids is 3. The number of nitrogens with two attached hydrogens (primary N) is 1. The van der Waals surface area contributed by atoms with Gasteiger partial charge in [-0.05, 0) is 27.2 Å². The van der Waals surface area contributed by atoms with Crippen molar-refractivity contribution in [1.29, 1.82) is 0 Å². The van der Waals surface area contributed by atoms with Crippen molar-refractivity contribution in [2.24, 2.45) is 5.73 Å². The zero-order valence-corrected chi connectivity index (χ0v) is 15.3. The molecule has 0 saturated carbocycles. The number of hydrogen-bond donors (Lipinski definition) is 7. The fourth-order valence-electron chi connectivity index (χ4n) is 1.78. The Morgan fingerprint density at radius 2 is 1.63 bits per heavy atom. The number of carboxylic acid groups (broad SMARTS) is 2. The van der Waals surface area contributed by atoms with E-state index in [-0.39, 0.29) is 6.42 Å². The predicted molar refractivity (Wildman–Crippen MR) is 91.3 cm³/mol. The highest BCUT2D eigenvalue weighted by Crippen LogP contribution is 2.03. The van der Waals surface area contributed by atoms with E-state index in [1.807, 2.05) is 5.32 Å². The Bertz CT molecular complexity index is 585. The fourth-order valence-corrected chi connectivity index (χ4v) is 1.78. The maximum Gasteiger partial charge on any atom is 0.328 e. The van der Waals surface area contributed by atoms with Crippen LogP contribution >= 0.6 is 0 Å². The number of carboxylic acids is 2. The van der Waals surface area contributed by atoms with Crippen LogP contribution in [0.2, 0.25) is 0 Å². The SMILES string of the molecule is C[C@@H](O)[C@H](NC(=O)CNC(=O)[C@H](CCC(=O)O)NC(=O)C(C)(C)N)C(=O)O. The third-order valence-corrected chi connectivity index (χ3v) is 3.34. The molecule has 12 nitrogen and oxygen atoms in total. The molecule has 0 aliphatic rings. The summed E-state index contributed by atoms with van der Waals surface area (Å²) in [6, 6.07) is -2.81. The maximum atomic E-state index is 12.2. The number of rotatable bonds is 11. The molecular formula is C15H26N4O8. The Hall–Kier alpha value is -2.73. The van der Waals surface area contributed by atoms with Crippen LogP contribution in [0, 0.1) is 0 Å². The van der Waals surface area contributed by atoms with Gasteiger partial charge in [0.25, 0.3) is 0 Å². The van der Waals surface area contributed by atoms with Gasteiger partial charge in [0.1, 0.15) is 6.04 Å². The number of amides is 3. The lowest BCUT2D eigenvalue weighted by Gasteiger charge is -2.23. The molecule has 0 unspecified atom stereocenters. The highest BCUT2D eigenvalue weighted by molar-refractivity contribution is 5.93. The lowest BCUT2D eigenvalue weighted by atomic mass is 10.0. The van der Waals surface area contributed by atoms with Gasteiger partial charge in [-0.2, -0.15) is 0 Å². The standard InChI is InChI=1S/C15H26N4O8/c1-7(20)11(13(25)26)19-9(21)6-17-12(24)8(4-5-10(22)23)18-14(27)15(2,3)16/h7-8,11,20H,4-6,16H2,1-3H3,(H,17,24)(H,18,27)(H,19,21)(H,22,23)(H,25,26)/t7-,8+,11+/m1/s1. The first kappa shape index (κ1) is 24.3. The second kappa shape index (κ2) is 10.4. The Morgan fingerprint density at radius 1 is 1.07 bits per heavy atom. The molecule has 0 rings (SSSR count). The predicted octanol–water partition coefficient (Wildman–Crippen LogP) is -2.86. The van der Waals surface area contributed by atoms with Crippen molar-refractivity contribution < 1.29 is 39.3 Å². The van der Waals surface area contributed by atoms with E-state index < -0.39 is 66.4 Å². The Morgan fingerprint density at radius 3 is 2.04 bits per heavy atom. The van der Waals surface area contributed by atoms with Crippen molar-refractivity contribution in [3.63, 3.8) is 0 Å². The maximum absolute atomic E-state index is 12.2. The van der Waals surface area contributed by atoms with E-state index in [0.717, 1.165) is 0 Å². The molecule has 12 heteroatoms. The van der Waals surface area contributed by atoms with Gasteiger partial charge in [-0.25, -0.2) is 4.79 Å².